The van der Waals surface area contributed by atoms with Gasteiger partial charge in [-0.2, -0.15) is 0 Å². The van der Waals surface area contributed by atoms with Crippen molar-refractivity contribution in [1.82, 2.24) is 0 Å². The van der Waals surface area contributed by atoms with Gasteiger partial charge in [0, 0.05) is 0 Å². The van der Waals surface area contributed by atoms with E-state index in [1.165, 1.54) is 0 Å². The van der Waals surface area contributed by atoms with Crippen LogP contribution < -0.4 is 9.47 Å². The zero-order valence-electron chi connectivity index (χ0n) is 27.9. The average Bonchev–Trinajstić information content (AvgIpc) is 3.16. The van der Waals surface area contributed by atoms with Gasteiger partial charge in [0.2, 0.25) is 0 Å². The maximum Gasteiger partial charge on any atom is 0.514 e. The van der Waals surface area contributed by atoms with Crippen LogP contribution in [0.4, 0.5) is 9.59 Å². The van der Waals surface area contributed by atoms with Gasteiger partial charge in [0.15, 0.2) is 0 Å². The van der Waals surface area contributed by atoms with Crippen molar-refractivity contribution in [3.8, 4) is 22.6 Å². The molecule has 0 bridgehead atoms. The van der Waals surface area contributed by atoms with Crippen molar-refractivity contribution in [3.63, 3.8) is 0 Å². The van der Waals surface area contributed by atoms with Crippen molar-refractivity contribution >= 4 is 12.3 Å². The Balaban J connectivity index is 1.75. The van der Waals surface area contributed by atoms with E-state index < -0.39 is 28.9 Å². The molecular weight excluding hydrogens is 564 g/mol. The fraction of sp³-hybridized carbons (Fsp3) is 0.333. The molecule has 0 aliphatic heterocycles. The van der Waals surface area contributed by atoms with E-state index in [0.717, 1.165) is 55.6 Å². The molecule has 4 aromatic carbocycles. The summed E-state index contributed by atoms with van der Waals surface area (Å²) in [6.45, 7) is 19.1. The van der Waals surface area contributed by atoms with Crippen molar-refractivity contribution < 1.29 is 28.5 Å². The highest BCUT2D eigenvalue weighted by Gasteiger charge is 2.49. The number of carbonyl (C=O) groups excluding carboxylic acids is 2. The minimum atomic E-state index is -0.743. The molecule has 0 saturated heterocycles. The molecule has 0 atom stereocenters. The van der Waals surface area contributed by atoms with Crippen LogP contribution in [0.15, 0.2) is 72.8 Å². The summed E-state index contributed by atoms with van der Waals surface area (Å²) in [6, 6.07) is 24.7. The number of carbonyl (C=O) groups is 2. The summed E-state index contributed by atoms with van der Waals surface area (Å²) in [5, 5.41) is 0. The fourth-order valence-corrected chi connectivity index (χ4v) is 6.78. The smallest absolute Gasteiger partial charge is 0.428 e. The Hall–Kier alpha value is -4.58. The van der Waals surface area contributed by atoms with Gasteiger partial charge in [-0.1, -0.05) is 48.5 Å². The normalized spacial score (nSPS) is 13.5. The molecule has 0 radical (unpaired) electrons. The van der Waals surface area contributed by atoms with Crippen molar-refractivity contribution in [1.29, 1.82) is 0 Å². The van der Waals surface area contributed by atoms with E-state index in [9.17, 15) is 9.59 Å². The van der Waals surface area contributed by atoms with Gasteiger partial charge in [-0.05, 0) is 149 Å². The molecule has 0 amide bonds. The molecule has 0 N–H and O–H groups in total. The quantitative estimate of drug-likeness (QED) is 0.150. The summed E-state index contributed by atoms with van der Waals surface area (Å²) in [6.07, 6.45) is -1.49. The molecule has 0 fully saturated rings. The molecule has 6 nitrogen and oxygen atoms in total. The molecule has 0 spiro atoms. The lowest BCUT2D eigenvalue weighted by molar-refractivity contribution is 0.0192. The monoisotopic (exact) mass is 606 g/mol. The number of hydrogen-bond donors (Lipinski definition) is 0. The summed E-state index contributed by atoms with van der Waals surface area (Å²) >= 11 is 0. The zero-order valence-corrected chi connectivity index (χ0v) is 27.9. The number of fused-ring (bicyclic) bond motifs is 3. The Labute approximate surface area is 266 Å². The predicted molar refractivity (Wildman–Crippen MR) is 176 cm³/mol. The van der Waals surface area contributed by atoms with Gasteiger partial charge >= 0.3 is 12.3 Å². The van der Waals surface area contributed by atoms with Gasteiger partial charge in [0.25, 0.3) is 0 Å². The molecular formula is C39H42O6. The van der Waals surface area contributed by atoms with Crippen LogP contribution in [0.3, 0.4) is 0 Å². The van der Waals surface area contributed by atoms with E-state index in [1.54, 1.807) is 41.5 Å². The summed E-state index contributed by atoms with van der Waals surface area (Å²) < 4.78 is 22.2. The molecule has 6 heteroatoms. The minimum absolute atomic E-state index is 0.423. The van der Waals surface area contributed by atoms with Crippen LogP contribution in [0.1, 0.15) is 86.1 Å². The lowest BCUT2D eigenvalue weighted by Crippen LogP contribution is -2.33. The fourth-order valence-electron chi connectivity index (χ4n) is 6.78. The van der Waals surface area contributed by atoms with Gasteiger partial charge in [-0.3, -0.25) is 0 Å². The molecule has 234 valence electrons. The van der Waals surface area contributed by atoms with Crippen LogP contribution in [0.2, 0.25) is 0 Å². The van der Waals surface area contributed by atoms with Crippen LogP contribution in [0.25, 0.3) is 11.1 Å². The van der Waals surface area contributed by atoms with Crippen molar-refractivity contribution in [3.05, 3.63) is 117 Å². The molecule has 1 aliphatic rings. The van der Waals surface area contributed by atoms with Crippen LogP contribution in [0.5, 0.6) is 11.5 Å². The zero-order chi connectivity index (χ0) is 32.9. The third kappa shape index (κ3) is 6.06. The van der Waals surface area contributed by atoms with Gasteiger partial charge < -0.3 is 18.9 Å². The van der Waals surface area contributed by atoms with Crippen LogP contribution in [-0.4, -0.2) is 23.5 Å². The first-order chi connectivity index (χ1) is 21.0. The second kappa shape index (κ2) is 11.4. The number of rotatable bonds is 4. The SMILES string of the molecule is Cc1cc(OC(=O)OC(C)(C)C)cc(C)c1C1(c2c(C)cc(OC(=O)OC(C)(C)C)cc2C)c2ccccc2-c2ccccc21. The molecule has 0 saturated carbocycles. The molecule has 0 unspecified atom stereocenters. The third-order valence-corrected chi connectivity index (χ3v) is 7.90. The molecule has 5 rings (SSSR count). The molecule has 45 heavy (non-hydrogen) atoms. The summed E-state index contributed by atoms with van der Waals surface area (Å²) in [5.74, 6) is 0.847. The number of aryl methyl sites for hydroxylation is 4. The van der Waals surface area contributed by atoms with E-state index in [0.29, 0.717) is 11.5 Å². The Morgan fingerprint density at radius 3 is 1.16 bits per heavy atom. The van der Waals surface area contributed by atoms with Crippen molar-refractivity contribution in [2.45, 2.75) is 85.9 Å². The van der Waals surface area contributed by atoms with Crippen LogP contribution in [-0.2, 0) is 14.9 Å². The van der Waals surface area contributed by atoms with Gasteiger partial charge in [-0.25, -0.2) is 9.59 Å². The van der Waals surface area contributed by atoms with E-state index in [1.807, 2.05) is 24.3 Å². The summed E-state index contributed by atoms with van der Waals surface area (Å²) in [5.41, 5.74) is 8.66. The first-order valence-electron chi connectivity index (χ1n) is 15.3. The highest BCUT2D eigenvalue weighted by Crippen LogP contribution is 2.59. The highest BCUT2D eigenvalue weighted by molar-refractivity contribution is 5.88. The second-order valence-electron chi connectivity index (χ2n) is 13.8. The Kier molecular flexibility index (Phi) is 8.07. The second-order valence-corrected chi connectivity index (χ2v) is 13.8. The maximum atomic E-state index is 12.6. The standard InChI is InChI=1S/C39H42O6/c1-23-19-27(42-35(40)44-37(5,6)7)20-24(2)33(23)39(31-17-13-11-15-29(31)30-16-12-14-18-32(30)39)34-25(3)21-28(22-26(34)4)43-36(41)45-38(8,9)10/h11-22H,1-10H3. The summed E-state index contributed by atoms with van der Waals surface area (Å²) in [4.78, 5) is 25.2. The number of benzene rings is 4. The highest BCUT2D eigenvalue weighted by atomic mass is 16.7. The number of hydrogen-bond acceptors (Lipinski definition) is 6. The van der Waals surface area contributed by atoms with Crippen molar-refractivity contribution in [2.75, 3.05) is 0 Å². The van der Waals surface area contributed by atoms with Gasteiger partial charge in [-0.15, -0.1) is 0 Å². The van der Waals surface area contributed by atoms with E-state index in [4.69, 9.17) is 18.9 Å². The average molecular weight is 607 g/mol. The largest absolute Gasteiger partial charge is 0.514 e. The first kappa shape index (κ1) is 31.8. The van der Waals surface area contributed by atoms with E-state index >= 15 is 0 Å². The Bertz CT molecular complexity index is 1620. The van der Waals surface area contributed by atoms with Crippen LogP contribution >= 0.6 is 0 Å². The molecule has 0 aromatic heterocycles. The van der Waals surface area contributed by atoms with Crippen LogP contribution in [0, 0.1) is 27.7 Å². The van der Waals surface area contributed by atoms with Gasteiger partial charge in [0.05, 0.1) is 5.41 Å². The lowest BCUT2D eigenvalue weighted by atomic mass is 9.63. The first-order valence-corrected chi connectivity index (χ1v) is 15.3. The van der Waals surface area contributed by atoms with Gasteiger partial charge in [0.1, 0.15) is 22.7 Å². The van der Waals surface area contributed by atoms with E-state index in [2.05, 4.69) is 76.2 Å². The third-order valence-electron chi connectivity index (χ3n) is 7.90. The predicted octanol–water partition coefficient (Wildman–Crippen LogP) is 9.91. The molecule has 4 aromatic rings. The molecule has 0 heterocycles. The topological polar surface area (TPSA) is 71.1 Å². The maximum absolute atomic E-state index is 12.6. The molecule has 1 aliphatic carbocycles. The number of ether oxygens (including phenoxy) is 4. The summed E-state index contributed by atoms with van der Waals surface area (Å²) in [7, 11) is 0. The lowest BCUT2D eigenvalue weighted by Gasteiger charge is -2.38. The minimum Gasteiger partial charge on any atom is -0.428 e. The van der Waals surface area contributed by atoms with E-state index in [-0.39, 0.29) is 0 Å². The Morgan fingerprint density at radius 2 is 0.844 bits per heavy atom. The van der Waals surface area contributed by atoms with Crippen molar-refractivity contribution in [2.24, 2.45) is 0 Å². The Morgan fingerprint density at radius 1 is 0.533 bits per heavy atom.